The van der Waals surface area contributed by atoms with Crippen LogP contribution in [0, 0.1) is 0 Å². The molecule has 4 rings (SSSR count). The number of benzene rings is 1. The van der Waals surface area contributed by atoms with E-state index in [2.05, 4.69) is 30.7 Å². The van der Waals surface area contributed by atoms with Crippen LogP contribution < -0.4 is 15.5 Å². The van der Waals surface area contributed by atoms with Gasteiger partial charge in [0.2, 0.25) is 10.1 Å². The van der Waals surface area contributed by atoms with Gasteiger partial charge < -0.3 is 15.1 Å². The first-order chi connectivity index (χ1) is 16.6. The molecule has 0 aliphatic carbocycles. The average Bonchev–Trinajstić information content (AvgIpc) is 3.50. The molecule has 3 heterocycles. The number of piperidine rings is 1. The van der Waals surface area contributed by atoms with Gasteiger partial charge in [-0.25, -0.2) is 4.98 Å². The van der Waals surface area contributed by atoms with Gasteiger partial charge in [-0.3, -0.25) is 10.1 Å². The maximum absolute atomic E-state index is 12.7. The minimum Gasteiger partial charge on any atom is -0.378 e. The normalized spacial score (nSPS) is 14.6. The Morgan fingerprint density at radius 1 is 1.14 bits per heavy atom. The van der Waals surface area contributed by atoms with Gasteiger partial charge in [-0.1, -0.05) is 11.3 Å². The minimum atomic E-state index is -4.60. The zero-order valence-corrected chi connectivity index (χ0v) is 21.2. The van der Waals surface area contributed by atoms with Gasteiger partial charge in [0.15, 0.2) is 5.11 Å². The number of halogens is 3. The van der Waals surface area contributed by atoms with Crippen LogP contribution in [0.25, 0.3) is 0 Å². The Labute approximate surface area is 213 Å². The van der Waals surface area contributed by atoms with Crippen molar-refractivity contribution in [1.29, 1.82) is 0 Å². The molecule has 3 aromatic rings. The Morgan fingerprint density at radius 3 is 2.43 bits per heavy atom. The van der Waals surface area contributed by atoms with Crippen molar-refractivity contribution in [2.24, 2.45) is 0 Å². The second-order valence-electron chi connectivity index (χ2n) is 8.07. The second-order valence-corrected chi connectivity index (χ2v) is 10.3. The maximum atomic E-state index is 12.7. The number of alkyl halides is 3. The Bertz CT molecular complexity index is 1190. The highest BCUT2D eigenvalue weighted by Crippen LogP contribution is 2.34. The molecular formula is C21H22F3N7OS3. The molecule has 0 unspecified atom stereocenters. The van der Waals surface area contributed by atoms with Crippen LogP contribution in [0.5, 0.6) is 0 Å². The second kappa shape index (κ2) is 10.4. The number of thiocarbonyl (C=S) groups is 1. The predicted molar refractivity (Wildman–Crippen MR) is 136 cm³/mol. The number of carbonyl (C=O) groups is 1. The number of carbonyl (C=O) groups excluding carboxylic acids is 1. The molecule has 1 amide bonds. The maximum Gasteiger partial charge on any atom is 0.445 e. The summed E-state index contributed by atoms with van der Waals surface area (Å²) in [5.41, 5.74) is 2.18. The smallest absolute Gasteiger partial charge is 0.378 e. The standard InChI is InChI=1S/C21H22F3N7OS3/c1-30(2)14-5-3-13(4-6-14)25-20(33)31-9-7-12(8-10-31)17-26-15(11-34-17)16(32)27-19-29-28-18(35-19)21(22,23)24/h3-6,11-12H,7-10H2,1-2H3,(H,25,33)(H,27,29,32). The average molecular weight is 542 g/mol. The van der Waals surface area contributed by atoms with Gasteiger partial charge in [0.25, 0.3) is 5.91 Å². The summed E-state index contributed by atoms with van der Waals surface area (Å²) in [5, 5.41) is 13.8. The van der Waals surface area contributed by atoms with E-state index in [1.165, 1.54) is 11.3 Å². The van der Waals surface area contributed by atoms with Crippen LogP contribution in [0.4, 0.5) is 29.7 Å². The summed E-state index contributed by atoms with van der Waals surface area (Å²) >= 11 is 7.22. The van der Waals surface area contributed by atoms with Crippen molar-refractivity contribution >= 4 is 62.4 Å². The van der Waals surface area contributed by atoms with E-state index >= 15 is 0 Å². The Balaban J connectivity index is 1.29. The van der Waals surface area contributed by atoms with Gasteiger partial charge in [-0.2, -0.15) is 13.2 Å². The molecule has 2 aromatic heterocycles. The number of nitrogens with zero attached hydrogens (tertiary/aromatic N) is 5. The molecule has 8 nitrogen and oxygen atoms in total. The van der Waals surface area contributed by atoms with E-state index in [9.17, 15) is 18.0 Å². The quantitative estimate of drug-likeness (QED) is 0.441. The molecule has 1 fully saturated rings. The molecule has 14 heteroatoms. The van der Waals surface area contributed by atoms with E-state index in [1.54, 1.807) is 5.38 Å². The first kappa shape index (κ1) is 25.3. The van der Waals surface area contributed by atoms with Gasteiger partial charge in [0.05, 0.1) is 5.01 Å². The number of hydrogen-bond acceptors (Lipinski definition) is 8. The Kier molecular flexibility index (Phi) is 7.52. The SMILES string of the molecule is CN(C)c1ccc(NC(=S)N2CCC(c3nc(C(=O)Nc4nnc(C(F)(F)F)s4)cs3)CC2)cc1. The number of likely N-dealkylation sites (tertiary alicyclic amines) is 1. The van der Waals surface area contributed by atoms with E-state index in [0.717, 1.165) is 42.3 Å². The highest BCUT2D eigenvalue weighted by atomic mass is 32.1. The molecule has 0 bridgehead atoms. The van der Waals surface area contributed by atoms with Crippen LogP contribution in [-0.2, 0) is 6.18 Å². The fourth-order valence-corrected chi connectivity index (χ4v) is 5.38. The fourth-order valence-electron chi connectivity index (χ4n) is 3.50. The molecule has 2 N–H and O–H groups in total. The molecule has 35 heavy (non-hydrogen) atoms. The molecule has 1 aliphatic heterocycles. The molecule has 1 saturated heterocycles. The van der Waals surface area contributed by atoms with Crippen LogP contribution in [0.1, 0.15) is 39.3 Å². The third-order valence-corrected chi connectivity index (χ3v) is 7.66. The third kappa shape index (κ3) is 6.24. The van der Waals surface area contributed by atoms with Gasteiger partial charge in [-0.05, 0) is 49.3 Å². The van der Waals surface area contributed by atoms with E-state index in [4.69, 9.17) is 12.2 Å². The number of rotatable bonds is 5. The number of thiazole rings is 1. The molecule has 0 radical (unpaired) electrons. The summed E-state index contributed by atoms with van der Waals surface area (Å²) in [5.74, 6) is -0.432. The summed E-state index contributed by atoms with van der Waals surface area (Å²) in [7, 11) is 3.97. The highest BCUT2D eigenvalue weighted by molar-refractivity contribution is 7.80. The van der Waals surface area contributed by atoms with Crippen LogP contribution >= 0.6 is 34.9 Å². The van der Waals surface area contributed by atoms with Crippen LogP contribution in [0.3, 0.4) is 0 Å². The number of nitrogens with one attached hydrogen (secondary N) is 2. The van der Waals surface area contributed by atoms with E-state index in [0.29, 0.717) is 5.11 Å². The van der Waals surface area contributed by atoms with Gasteiger partial charge in [-0.15, -0.1) is 21.5 Å². The highest BCUT2D eigenvalue weighted by Gasteiger charge is 2.36. The fraction of sp³-hybridized carbons (Fsp3) is 0.381. The molecule has 1 aliphatic rings. The van der Waals surface area contributed by atoms with E-state index in [-0.39, 0.29) is 28.1 Å². The zero-order chi connectivity index (χ0) is 25.2. The van der Waals surface area contributed by atoms with Crippen LogP contribution in [0.15, 0.2) is 29.6 Å². The Morgan fingerprint density at radius 2 is 1.83 bits per heavy atom. The van der Waals surface area contributed by atoms with Crippen molar-refractivity contribution in [3.8, 4) is 0 Å². The number of aromatic nitrogens is 3. The van der Waals surface area contributed by atoms with Gasteiger partial charge >= 0.3 is 6.18 Å². The molecular weight excluding hydrogens is 519 g/mol. The third-order valence-electron chi connectivity index (χ3n) is 5.41. The molecule has 186 valence electrons. The summed E-state index contributed by atoms with van der Waals surface area (Å²) < 4.78 is 38.0. The van der Waals surface area contributed by atoms with Crippen molar-refractivity contribution in [1.82, 2.24) is 20.1 Å². The lowest BCUT2D eigenvalue weighted by molar-refractivity contribution is -0.138. The van der Waals surface area contributed by atoms with Crippen molar-refractivity contribution in [3.05, 3.63) is 45.4 Å². The minimum absolute atomic E-state index is 0.148. The number of amides is 1. The molecule has 0 atom stereocenters. The number of anilines is 3. The van der Waals surface area contributed by atoms with Gasteiger partial charge in [0, 0.05) is 49.9 Å². The topological polar surface area (TPSA) is 86.3 Å². The summed E-state index contributed by atoms with van der Waals surface area (Å²) in [4.78, 5) is 21.0. The van der Waals surface area contributed by atoms with Gasteiger partial charge in [0.1, 0.15) is 5.69 Å². The van der Waals surface area contributed by atoms with Crippen LogP contribution in [-0.4, -0.2) is 58.3 Å². The van der Waals surface area contributed by atoms with Crippen molar-refractivity contribution in [3.63, 3.8) is 0 Å². The summed E-state index contributed by atoms with van der Waals surface area (Å²) in [6.45, 7) is 1.50. The molecule has 0 spiro atoms. The summed E-state index contributed by atoms with van der Waals surface area (Å²) in [6, 6.07) is 8.02. The lowest BCUT2D eigenvalue weighted by Crippen LogP contribution is -2.40. The first-order valence-electron chi connectivity index (χ1n) is 10.6. The first-order valence-corrected chi connectivity index (χ1v) is 12.7. The molecule has 1 aromatic carbocycles. The molecule has 0 saturated carbocycles. The van der Waals surface area contributed by atoms with E-state index < -0.39 is 17.1 Å². The van der Waals surface area contributed by atoms with Crippen molar-refractivity contribution in [2.75, 3.05) is 42.7 Å². The number of hydrogen-bond donors (Lipinski definition) is 2. The van der Waals surface area contributed by atoms with Crippen molar-refractivity contribution < 1.29 is 18.0 Å². The van der Waals surface area contributed by atoms with Crippen molar-refractivity contribution in [2.45, 2.75) is 24.9 Å². The van der Waals surface area contributed by atoms with Crippen LogP contribution in [0.2, 0.25) is 0 Å². The summed E-state index contributed by atoms with van der Waals surface area (Å²) in [6.07, 6.45) is -2.96. The zero-order valence-electron chi connectivity index (χ0n) is 18.8. The largest absolute Gasteiger partial charge is 0.445 e. The lowest BCUT2D eigenvalue weighted by atomic mass is 9.98. The Hall–Kier alpha value is -2.84. The van der Waals surface area contributed by atoms with E-state index in [1.807, 2.05) is 43.3 Å². The predicted octanol–water partition coefficient (Wildman–Crippen LogP) is 4.91. The lowest BCUT2D eigenvalue weighted by Gasteiger charge is -2.33. The monoisotopic (exact) mass is 541 g/mol.